The van der Waals surface area contributed by atoms with Crippen molar-refractivity contribution < 1.29 is 13.2 Å². The van der Waals surface area contributed by atoms with Crippen molar-refractivity contribution in [2.75, 3.05) is 26.8 Å². The van der Waals surface area contributed by atoms with Crippen LogP contribution in [-0.2, 0) is 14.8 Å². The summed E-state index contributed by atoms with van der Waals surface area (Å²) in [4.78, 5) is 0.255. The number of hydrogen-bond acceptors (Lipinski definition) is 4. The molecule has 2 N–H and O–H groups in total. The standard InChI is InChI=1S/C15H22N2O3S/c1-13(2)17(11-12-20-3)21(18,19)15-8-6-14(7-9-15)5-4-10-16/h6-9,13H,10-12,16H2,1-3H3. The Kier molecular flexibility index (Phi) is 6.85. The van der Waals surface area contributed by atoms with Crippen molar-refractivity contribution >= 4 is 10.0 Å². The van der Waals surface area contributed by atoms with E-state index in [2.05, 4.69) is 11.8 Å². The fraction of sp³-hybridized carbons (Fsp3) is 0.467. The molecule has 0 fully saturated rings. The van der Waals surface area contributed by atoms with E-state index in [4.69, 9.17) is 10.5 Å². The number of nitrogens with zero attached hydrogens (tertiary/aromatic N) is 1. The summed E-state index contributed by atoms with van der Waals surface area (Å²) in [7, 11) is -1.98. The summed E-state index contributed by atoms with van der Waals surface area (Å²) in [6.45, 7) is 4.64. The van der Waals surface area contributed by atoms with Gasteiger partial charge in [-0.15, -0.1) is 0 Å². The second-order valence-corrected chi connectivity index (χ2v) is 6.62. The molecule has 5 nitrogen and oxygen atoms in total. The van der Waals surface area contributed by atoms with Gasteiger partial charge in [0.15, 0.2) is 0 Å². The molecule has 116 valence electrons. The highest BCUT2D eigenvalue weighted by atomic mass is 32.2. The van der Waals surface area contributed by atoms with E-state index < -0.39 is 10.0 Å². The second kappa shape index (κ2) is 8.15. The number of hydrogen-bond donors (Lipinski definition) is 1. The highest BCUT2D eigenvalue weighted by molar-refractivity contribution is 7.89. The maximum atomic E-state index is 12.6. The number of ether oxygens (including phenoxy) is 1. The maximum absolute atomic E-state index is 12.6. The van der Waals surface area contributed by atoms with Gasteiger partial charge in [0.05, 0.1) is 18.0 Å². The lowest BCUT2D eigenvalue weighted by atomic mass is 10.2. The van der Waals surface area contributed by atoms with Gasteiger partial charge in [0.2, 0.25) is 10.0 Å². The van der Waals surface area contributed by atoms with Crippen LogP contribution in [0.15, 0.2) is 29.2 Å². The third-order valence-electron chi connectivity index (χ3n) is 2.89. The molecule has 0 amide bonds. The lowest BCUT2D eigenvalue weighted by Crippen LogP contribution is -2.39. The smallest absolute Gasteiger partial charge is 0.243 e. The minimum Gasteiger partial charge on any atom is -0.383 e. The molecule has 6 heteroatoms. The zero-order valence-corrected chi connectivity index (χ0v) is 13.5. The Labute approximate surface area is 127 Å². The first kappa shape index (κ1) is 17.7. The van der Waals surface area contributed by atoms with Gasteiger partial charge < -0.3 is 10.5 Å². The summed E-state index contributed by atoms with van der Waals surface area (Å²) in [5.74, 6) is 5.60. The number of sulfonamides is 1. The molecule has 0 aliphatic carbocycles. The van der Waals surface area contributed by atoms with Gasteiger partial charge in [0.25, 0.3) is 0 Å². The van der Waals surface area contributed by atoms with Crippen LogP contribution in [0.1, 0.15) is 19.4 Å². The Morgan fingerprint density at radius 1 is 1.29 bits per heavy atom. The van der Waals surface area contributed by atoms with Crippen LogP contribution in [0.4, 0.5) is 0 Å². The number of nitrogens with two attached hydrogens (primary N) is 1. The topological polar surface area (TPSA) is 72.6 Å². The summed E-state index contributed by atoms with van der Waals surface area (Å²) in [5.41, 5.74) is 6.05. The molecule has 0 radical (unpaired) electrons. The predicted octanol–water partition coefficient (Wildman–Crippen LogP) is 1.04. The first-order valence-electron chi connectivity index (χ1n) is 6.73. The molecule has 1 aromatic carbocycles. The van der Waals surface area contributed by atoms with Crippen molar-refractivity contribution in [1.29, 1.82) is 0 Å². The summed E-state index contributed by atoms with van der Waals surface area (Å²) < 4.78 is 31.6. The molecular weight excluding hydrogens is 288 g/mol. The number of benzene rings is 1. The monoisotopic (exact) mass is 310 g/mol. The summed E-state index contributed by atoms with van der Waals surface area (Å²) >= 11 is 0. The molecule has 0 heterocycles. The third kappa shape index (κ3) is 4.83. The molecule has 0 atom stereocenters. The van der Waals surface area contributed by atoms with E-state index in [1.165, 1.54) is 4.31 Å². The zero-order valence-electron chi connectivity index (χ0n) is 12.7. The summed E-state index contributed by atoms with van der Waals surface area (Å²) in [6, 6.07) is 6.37. The van der Waals surface area contributed by atoms with E-state index in [0.717, 1.165) is 5.56 Å². The fourth-order valence-corrected chi connectivity index (χ4v) is 3.46. The van der Waals surface area contributed by atoms with Gasteiger partial charge in [-0.05, 0) is 38.1 Å². The SMILES string of the molecule is COCCN(C(C)C)S(=O)(=O)c1ccc(C#CCN)cc1. The van der Waals surface area contributed by atoms with E-state index in [1.807, 2.05) is 13.8 Å². The fourth-order valence-electron chi connectivity index (χ4n) is 1.84. The van der Waals surface area contributed by atoms with Crippen LogP contribution in [0.5, 0.6) is 0 Å². The molecule has 1 rings (SSSR count). The van der Waals surface area contributed by atoms with E-state index >= 15 is 0 Å². The van der Waals surface area contributed by atoms with Gasteiger partial charge in [0, 0.05) is 25.3 Å². The minimum atomic E-state index is -3.53. The average Bonchev–Trinajstić information content (AvgIpc) is 2.45. The van der Waals surface area contributed by atoms with Gasteiger partial charge >= 0.3 is 0 Å². The van der Waals surface area contributed by atoms with E-state index in [0.29, 0.717) is 13.2 Å². The van der Waals surface area contributed by atoms with Gasteiger partial charge in [-0.25, -0.2) is 8.42 Å². The quantitative estimate of drug-likeness (QED) is 0.797. The summed E-state index contributed by atoms with van der Waals surface area (Å²) in [6.07, 6.45) is 0. The molecule has 0 aliphatic heterocycles. The van der Waals surface area contributed by atoms with Gasteiger partial charge in [-0.3, -0.25) is 0 Å². The lowest BCUT2D eigenvalue weighted by Gasteiger charge is -2.25. The Morgan fingerprint density at radius 3 is 2.38 bits per heavy atom. The van der Waals surface area contributed by atoms with Gasteiger partial charge in [-0.1, -0.05) is 11.8 Å². The molecule has 21 heavy (non-hydrogen) atoms. The Bertz CT molecular complexity index is 598. The Hall–Kier alpha value is -1.39. The molecule has 0 unspecified atom stereocenters. The van der Waals surface area contributed by atoms with Crippen LogP contribution in [-0.4, -0.2) is 45.6 Å². The van der Waals surface area contributed by atoms with E-state index in [9.17, 15) is 8.42 Å². The van der Waals surface area contributed by atoms with Gasteiger partial charge in [-0.2, -0.15) is 4.31 Å². The molecule has 0 spiro atoms. The third-order valence-corrected chi connectivity index (χ3v) is 4.98. The first-order valence-corrected chi connectivity index (χ1v) is 8.17. The average molecular weight is 310 g/mol. The lowest BCUT2D eigenvalue weighted by molar-refractivity contribution is 0.171. The predicted molar refractivity (Wildman–Crippen MR) is 83.3 cm³/mol. The van der Waals surface area contributed by atoms with Crippen LogP contribution >= 0.6 is 0 Å². The van der Waals surface area contributed by atoms with Crippen molar-refractivity contribution in [2.45, 2.75) is 24.8 Å². The van der Waals surface area contributed by atoms with Crippen molar-refractivity contribution in [3.63, 3.8) is 0 Å². The van der Waals surface area contributed by atoms with Crippen molar-refractivity contribution in [3.8, 4) is 11.8 Å². The van der Waals surface area contributed by atoms with Crippen LogP contribution in [0, 0.1) is 11.8 Å². The molecular formula is C15H22N2O3S. The number of methoxy groups -OCH3 is 1. The molecule has 0 bridgehead atoms. The number of rotatable bonds is 6. The van der Waals surface area contributed by atoms with E-state index in [1.54, 1.807) is 31.4 Å². The van der Waals surface area contributed by atoms with Crippen molar-refractivity contribution in [1.82, 2.24) is 4.31 Å². The normalized spacial score (nSPS) is 11.5. The van der Waals surface area contributed by atoms with Crippen LogP contribution < -0.4 is 5.73 Å². The maximum Gasteiger partial charge on any atom is 0.243 e. The molecule has 0 saturated heterocycles. The molecule has 0 aliphatic rings. The Morgan fingerprint density at radius 2 is 1.90 bits per heavy atom. The Balaban J connectivity index is 3.04. The second-order valence-electron chi connectivity index (χ2n) is 4.73. The van der Waals surface area contributed by atoms with Crippen LogP contribution in [0.25, 0.3) is 0 Å². The van der Waals surface area contributed by atoms with Crippen LogP contribution in [0.2, 0.25) is 0 Å². The zero-order chi connectivity index (χ0) is 15.9. The van der Waals surface area contributed by atoms with E-state index in [-0.39, 0.29) is 17.5 Å². The molecule has 1 aromatic rings. The first-order chi connectivity index (χ1) is 9.93. The molecule has 0 aromatic heterocycles. The molecule has 0 saturated carbocycles. The highest BCUT2D eigenvalue weighted by Crippen LogP contribution is 2.18. The minimum absolute atomic E-state index is 0.137. The van der Waals surface area contributed by atoms with Gasteiger partial charge in [0.1, 0.15) is 0 Å². The largest absolute Gasteiger partial charge is 0.383 e. The highest BCUT2D eigenvalue weighted by Gasteiger charge is 2.26. The van der Waals surface area contributed by atoms with Crippen LogP contribution in [0.3, 0.4) is 0 Å². The van der Waals surface area contributed by atoms with Crippen molar-refractivity contribution in [2.24, 2.45) is 5.73 Å². The van der Waals surface area contributed by atoms with Crippen molar-refractivity contribution in [3.05, 3.63) is 29.8 Å². The summed E-state index contributed by atoms with van der Waals surface area (Å²) in [5, 5.41) is 0.